The topological polar surface area (TPSA) is 49.8 Å². The Morgan fingerprint density at radius 3 is 2.75 bits per heavy atom. The average molecular weight is 277 g/mol. The Hall–Kier alpha value is -1.55. The second-order valence-corrected chi connectivity index (χ2v) is 5.42. The van der Waals surface area contributed by atoms with E-state index < -0.39 is 6.10 Å². The molecule has 110 valence electrons. The van der Waals surface area contributed by atoms with Crippen LogP contribution in [0.1, 0.15) is 43.9 Å². The molecule has 1 aromatic carbocycles. The molecule has 20 heavy (non-hydrogen) atoms. The molecule has 1 aliphatic carbocycles. The van der Waals surface area contributed by atoms with Crippen LogP contribution in [0.5, 0.6) is 5.75 Å². The zero-order valence-corrected chi connectivity index (χ0v) is 12.4. The smallest absolute Gasteiger partial charge is 0.260 e. The molecule has 1 unspecified atom stereocenters. The van der Waals surface area contributed by atoms with E-state index in [9.17, 15) is 9.90 Å². The number of hydrogen-bond donors (Lipinski definition) is 1. The Bertz CT molecular complexity index is 481. The number of nitrogens with zero attached hydrogens (tertiary/aromatic N) is 1. The van der Waals surface area contributed by atoms with Crippen LogP contribution in [0, 0.1) is 6.92 Å². The lowest BCUT2D eigenvalue weighted by Crippen LogP contribution is -2.36. The van der Waals surface area contributed by atoms with Gasteiger partial charge in [0, 0.05) is 18.2 Å². The Morgan fingerprint density at radius 1 is 1.50 bits per heavy atom. The summed E-state index contributed by atoms with van der Waals surface area (Å²) in [5.74, 6) is 0.619. The maximum Gasteiger partial charge on any atom is 0.260 e. The molecule has 0 radical (unpaired) electrons. The van der Waals surface area contributed by atoms with Gasteiger partial charge in [-0.1, -0.05) is 12.1 Å². The maximum atomic E-state index is 12.1. The summed E-state index contributed by atoms with van der Waals surface area (Å²) < 4.78 is 5.65. The van der Waals surface area contributed by atoms with Crippen molar-refractivity contribution in [3.05, 3.63) is 29.3 Å². The van der Waals surface area contributed by atoms with Crippen molar-refractivity contribution in [2.24, 2.45) is 0 Å². The number of carbonyl (C=O) groups is 1. The summed E-state index contributed by atoms with van der Waals surface area (Å²) >= 11 is 0. The number of amides is 1. The van der Waals surface area contributed by atoms with Gasteiger partial charge in [0.25, 0.3) is 5.91 Å². The highest BCUT2D eigenvalue weighted by atomic mass is 16.5. The number of aryl methyl sites for hydroxylation is 1. The second-order valence-electron chi connectivity index (χ2n) is 5.42. The van der Waals surface area contributed by atoms with Crippen molar-refractivity contribution < 1.29 is 14.6 Å². The van der Waals surface area contributed by atoms with Crippen LogP contribution < -0.4 is 4.74 Å². The summed E-state index contributed by atoms with van der Waals surface area (Å²) in [5.41, 5.74) is 1.77. The molecular formula is C16H23NO3. The molecule has 1 atom stereocenters. The first kappa shape index (κ1) is 14.9. The second kappa shape index (κ2) is 6.27. The highest BCUT2D eigenvalue weighted by molar-refractivity contribution is 5.78. The first-order chi connectivity index (χ1) is 9.52. The van der Waals surface area contributed by atoms with E-state index in [1.165, 1.54) is 0 Å². The van der Waals surface area contributed by atoms with E-state index in [-0.39, 0.29) is 12.5 Å². The number of aliphatic hydroxyl groups is 1. The molecule has 0 bridgehead atoms. The molecule has 1 aromatic rings. The van der Waals surface area contributed by atoms with E-state index in [1.54, 1.807) is 6.92 Å². The summed E-state index contributed by atoms with van der Waals surface area (Å²) in [6, 6.07) is 6.05. The predicted molar refractivity (Wildman–Crippen MR) is 77.7 cm³/mol. The normalized spacial score (nSPS) is 15.8. The van der Waals surface area contributed by atoms with Gasteiger partial charge in [0.15, 0.2) is 6.61 Å². The molecule has 0 spiro atoms. The fourth-order valence-corrected chi connectivity index (χ4v) is 2.36. The molecular weight excluding hydrogens is 254 g/mol. The molecule has 1 fully saturated rings. The Morgan fingerprint density at radius 2 is 2.20 bits per heavy atom. The van der Waals surface area contributed by atoms with Crippen LogP contribution in [0.2, 0.25) is 0 Å². The molecule has 0 aromatic heterocycles. The van der Waals surface area contributed by atoms with Crippen LogP contribution in [0.15, 0.2) is 18.2 Å². The average Bonchev–Trinajstić information content (AvgIpc) is 3.21. The lowest BCUT2D eigenvalue weighted by Gasteiger charge is -2.21. The zero-order chi connectivity index (χ0) is 14.7. The number of rotatable bonds is 6. The standard InChI is InChI=1S/C16H23NO3/c1-4-17(13-6-7-13)16(19)10-20-15-9-11(2)5-8-14(15)12(3)18/h5,8-9,12-13,18H,4,6-7,10H2,1-3H3. The minimum atomic E-state index is -0.605. The molecule has 0 aliphatic heterocycles. The van der Waals surface area contributed by atoms with Crippen molar-refractivity contribution in [3.63, 3.8) is 0 Å². The summed E-state index contributed by atoms with van der Waals surface area (Å²) in [6.45, 7) is 6.41. The van der Waals surface area contributed by atoms with Gasteiger partial charge < -0.3 is 14.7 Å². The first-order valence-corrected chi connectivity index (χ1v) is 7.23. The third kappa shape index (κ3) is 3.51. The minimum absolute atomic E-state index is 0.0213. The molecule has 1 N–H and O–H groups in total. The van der Waals surface area contributed by atoms with Crippen LogP contribution in [0.25, 0.3) is 0 Å². The largest absolute Gasteiger partial charge is 0.483 e. The van der Waals surface area contributed by atoms with E-state index in [2.05, 4.69) is 0 Å². The molecule has 0 heterocycles. The van der Waals surface area contributed by atoms with Gasteiger partial charge in [-0.2, -0.15) is 0 Å². The monoisotopic (exact) mass is 277 g/mol. The highest BCUT2D eigenvalue weighted by Gasteiger charge is 2.31. The van der Waals surface area contributed by atoms with Gasteiger partial charge in [-0.15, -0.1) is 0 Å². The lowest BCUT2D eigenvalue weighted by atomic mass is 10.1. The number of benzene rings is 1. The zero-order valence-electron chi connectivity index (χ0n) is 12.4. The van der Waals surface area contributed by atoms with Crippen LogP contribution in [0.3, 0.4) is 0 Å². The highest BCUT2D eigenvalue weighted by Crippen LogP contribution is 2.28. The maximum absolute atomic E-state index is 12.1. The molecule has 2 rings (SSSR count). The number of ether oxygens (including phenoxy) is 1. The molecule has 4 nitrogen and oxygen atoms in total. The van der Waals surface area contributed by atoms with E-state index in [0.29, 0.717) is 11.8 Å². The summed E-state index contributed by atoms with van der Waals surface area (Å²) in [5, 5.41) is 9.74. The lowest BCUT2D eigenvalue weighted by molar-refractivity contribution is -0.133. The van der Waals surface area contributed by atoms with Crippen LogP contribution in [0.4, 0.5) is 0 Å². The predicted octanol–water partition coefficient (Wildman–Crippen LogP) is 2.44. The van der Waals surface area contributed by atoms with Gasteiger partial charge in [0.1, 0.15) is 5.75 Å². The summed E-state index contributed by atoms with van der Waals surface area (Å²) in [6.07, 6.45) is 1.60. The fraction of sp³-hybridized carbons (Fsp3) is 0.562. The number of hydrogen-bond acceptors (Lipinski definition) is 3. The Kier molecular flexibility index (Phi) is 4.65. The van der Waals surface area contributed by atoms with E-state index in [1.807, 2.05) is 36.9 Å². The fourth-order valence-electron chi connectivity index (χ4n) is 2.36. The van der Waals surface area contributed by atoms with Crippen molar-refractivity contribution in [2.75, 3.05) is 13.2 Å². The number of aliphatic hydroxyl groups excluding tert-OH is 1. The third-order valence-corrected chi connectivity index (χ3v) is 3.62. The molecule has 1 aliphatic rings. The molecule has 1 amide bonds. The summed E-state index contributed by atoms with van der Waals surface area (Å²) in [7, 11) is 0. The van der Waals surface area contributed by atoms with Crippen LogP contribution >= 0.6 is 0 Å². The van der Waals surface area contributed by atoms with Crippen molar-refractivity contribution in [3.8, 4) is 5.75 Å². The number of likely N-dealkylation sites (N-methyl/N-ethyl adjacent to an activating group) is 1. The van der Waals surface area contributed by atoms with Gasteiger partial charge in [0.05, 0.1) is 6.10 Å². The van der Waals surface area contributed by atoms with E-state index in [0.717, 1.165) is 30.5 Å². The first-order valence-electron chi connectivity index (χ1n) is 7.23. The Balaban J connectivity index is 2.02. The van der Waals surface area contributed by atoms with Crippen LogP contribution in [-0.4, -0.2) is 35.1 Å². The van der Waals surface area contributed by atoms with Crippen molar-refractivity contribution in [1.82, 2.24) is 4.90 Å². The summed E-state index contributed by atoms with van der Waals surface area (Å²) in [4.78, 5) is 14.0. The van der Waals surface area contributed by atoms with E-state index >= 15 is 0 Å². The molecule has 4 heteroatoms. The van der Waals surface area contributed by atoms with Gasteiger partial charge in [0.2, 0.25) is 0 Å². The molecule has 0 saturated heterocycles. The Labute approximate surface area is 120 Å². The van der Waals surface area contributed by atoms with Gasteiger partial charge in [-0.05, 0) is 45.2 Å². The van der Waals surface area contributed by atoms with Crippen molar-refractivity contribution in [1.29, 1.82) is 0 Å². The van der Waals surface area contributed by atoms with Crippen molar-refractivity contribution in [2.45, 2.75) is 45.8 Å². The minimum Gasteiger partial charge on any atom is -0.483 e. The quantitative estimate of drug-likeness (QED) is 0.869. The van der Waals surface area contributed by atoms with Gasteiger partial charge in [-0.25, -0.2) is 0 Å². The third-order valence-electron chi connectivity index (χ3n) is 3.62. The number of carbonyl (C=O) groups excluding carboxylic acids is 1. The van der Waals surface area contributed by atoms with Gasteiger partial charge in [-0.3, -0.25) is 4.79 Å². The molecule has 1 saturated carbocycles. The van der Waals surface area contributed by atoms with Gasteiger partial charge >= 0.3 is 0 Å². The van der Waals surface area contributed by atoms with Crippen molar-refractivity contribution >= 4 is 5.91 Å². The van der Waals surface area contributed by atoms with E-state index in [4.69, 9.17) is 4.74 Å². The van der Waals surface area contributed by atoms with Crippen LogP contribution in [-0.2, 0) is 4.79 Å². The SMILES string of the molecule is CCN(C(=O)COc1cc(C)ccc1C(C)O)C1CC1.